The maximum absolute atomic E-state index is 13.1. The van der Waals surface area contributed by atoms with Gasteiger partial charge in [0.05, 0.1) is 0 Å². The second-order valence-corrected chi connectivity index (χ2v) is 2.95. The Balaban J connectivity index is 3.24. The monoisotopic (exact) mass is 199 g/mol. The first-order valence-electron chi connectivity index (χ1n) is 3.91. The Bertz CT molecular complexity index is 379. The first kappa shape index (κ1) is 10.5. The molecule has 4 nitrogen and oxygen atoms in total. The number of hydrogen-bond donors (Lipinski definition) is 3. The zero-order valence-electron chi connectivity index (χ0n) is 7.49. The molecule has 0 spiro atoms. The van der Waals surface area contributed by atoms with E-state index < -0.39 is 23.6 Å². The highest BCUT2D eigenvalue weighted by Crippen LogP contribution is 2.27. The van der Waals surface area contributed by atoms with Gasteiger partial charge >= 0.3 is 5.97 Å². The van der Waals surface area contributed by atoms with Crippen LogP contribution < -0.4 is 5.73 Å². The maximum Gasteiger partial charge on any atom is 0.325 e. The van der Waals surface area contributed by atoms with Crippen molar-refractivity contribution in [1.29, 1.82) is 0 Å². The maximum atomic E-state index is 13.1. The average Bonchev–Trinajstić information content (AvgIpc) is 2.13. The minimum atomic E-state index is -1.41. The third-order valence-electron chi connectivity index (χ3n) is 1.94. The van der Waals surface area contributed by atoms with Crippen LogP contribution in [0.5, 0.6) is 5.75 Å². The molecule has 0 heterocycles. The Labute approximate surface area is 79.8 Å². The molecule has 0 aliphatic heterocycles. The van der Waals surface area contributed by atoms with Crippen LogP contribution >= 0.6 is 0 Å². The molecule has 4 N–H and O–H groups in total. The van der Waals surface area contributed by atoms with Crippen LogP contribution in [0.1, 0.15) is 17.2 Å². The summed E-state index contributed by atoms with van der Waals surface area (Å²) in [6, 6.07) is 1.25. The number of carbonyl (C=O) groups is 1. The van der Waals surface area contributed by atoms with Crippen LogP contribution in [-0.2, 0) is 4.79 Å². The molecule has 0 saturated carbocycles. The van der Waals surface area contributed by atoms with Gasteiger partial charge in [-0.1, -0.05) is 12.1 Å². The van der Waals surface area contributed by atoms with Crippen molar-refractivity contribution >= 4 is 5.97 Å². The molecular weight excluding hydrogens is 189 g/mol. The van der Waals surface area contributed by atoms with Gasteiger partial charge in [0.2, 0.25) is 0 Å². The number of phenols is 1. The number of hydrogen-bond acceptors (Lipinski definition) is 3. The van der Waals surface area contributed by atoms with E-state index in [1.54, 1.807) is 0 Å². The molecule has 0 aliphatic carbocycles. The molecule has 0 aliphatic rings. The molecule has 76 valence electrons. The largest absolute Gasteiger partial charge is 0.505 e. The standard InChI is InChI=1S/C9H10FNO3/c1-4-2-3-5(7(11)9(13)14)8(12)6(4)10/h2-3,7,12H,11H2,1H3,(H,13,14)/t7-/m0/s1. The number of aromatic hydroxyl groups is 1. The first-order valence-corrected chi connectivity index (χ1v) is 3.91. The van der Waals surface area contributed by atoms with Crippen LogP contribution in [-0.4, -0.2) is 16.2 Å². The molecule has 0 aromatic heterocycles. The van der Waals surface area contributed by atoms with E-state index in [0.717, 1.165) is 0 Å². The fraction of sp³-hybridized carbons (Fsp3) is 0.222. The lowest BCUT2D eigenvalue weighted by atomic mass is 10.0. The molecular formula is C9H10FNO3. The molecule has 1 aromatic carbocycles. The Morgan fingerprint density at radius 2 is 2.14 bits per heavy atom. The van der Waals surface area contributed by atoms with E-state index >= 15 is 0 Å². The lowest BCUT2D eigenvalue weighted by Crippen LogP contribution is -2.21. The highest BCUT2D eigenvalue weighted by atomic mass is 19.1. The summed E-state index contributed by atoms with van der Waals surface area (Å²) in [5, 5.41) is 17.8. The molecule has 0 bridgehead atoms. The van der Waals surface area contributed by atoms with Crippen LogP contribution in [0.4, 0.5) is 4.39 Å². The van der Waals surface area contributed by atoms with Gasteiger partial charge in [0.15, 0.2) is 11.6 Å². The topological polar surface area (TPSA) is 83.6 Å². The van der Waals surface area contributed by atoms with E-state index in [1.165, 1.54) is 19.1 Å². The quantitative estimate of drug-likeness (QED) is 0.661. The van der Waals surface area contributed by atoms with Gasteiger partial charge in [0.25, 0.3) is 0 Å². The van der Waals surface area contributed by atoms with Gasteiger partial charge < -0.3 is 15.9 Å². The van der Waals surface area contributed by atoms with Crippen molar-refractivity contribution in [3.05, 3.63) is 29.1 Å². The fourth-order valence-electron chi connectivity index (χ4n) is 1.06. The van der Waals surface area contributed by atoms with Crippen molar-refractivity contribution in [2.45, 2.75) is 13.0 Å². The third kappa shape index (κ3) is 1.67. The number of nitrogens with two attached hydrogens (primary N) is 1. The number of phenolic OH excluding ortho intramolecular Hbond substituents is 1. The highest BCUT2D eigenvalue weighted by Gasteiger charge is 2.20. The van der Waals surface area contributed by atoms with Crippen molar-refractivity contribution in [3.8, 4) is 5.75 Å². The smallest absolute Gasteiger partial charge is 0.325 e. The van der Waals surface area contributed by atoms with Crippen LogP contribution in [0.15, 0.2) is 12.1 Å². The normalized spacial score (nSPS) is 12.5. The summed E-state index contributed by atoms with van der Waals surface area (Å²) in [5.41, 5.74) is 5.35. The lowest BCUT2D eigenvalue weighted by Gasteiger charge is -2.10. The highest BCUT2D eigenvalue weighted by molar-refractivity contribution is 5.76. The summed E-state index contributed by atoms with van der Waals surface area (Å²) in [4.78, 5) is 10.5. The molecule has 0 radical (unpaired) electrons. The zero-order chi connectivity index (χ0) is 10.9. The van der Waals surface area contributed by atoms with Crippen molar-refractivity contribution in [1.82, 2.24) is 0 Å². The van der Waals surface area contributed by atoms with Crippen molar-refractivity contribution < 1.29 is 19.4 Å². The predicted octanol–water partition coefficient (Wildman–Crippen LogP) is 0.924. The number of carboxylic acids is 1. The number of halogens is 1. The van der Waals surface area contributed by atoms with Crippen LogP contribution in [0, 0.1) is 12.7 Å². The summed E-state index contributed by atoms with van der Waals surface area (Å²) >= 11 is 0. The zero-order valence-corrected chi connectivity index (χ0v) is 7.49. The second-order valence-electron chi connectivity index (χ2n) is 2.95. The Kier molecular flexibility index (Phi) is 2.71. The Morgan fingerprint density at radius 3 is 2.64 bits per heavy atom. The van der Waals surface area contributed by atoms with Gasteiger partial charge in [-0.25, -0.2) is 4.39 Å². The summed E-state index contributed by atoms with van der Waals surface area (Å²) in [6.45, 7) is 1.46. The molecule has 14 heavy (non-hydrogen) atoms. The minimum Gasteiger partial charge on any atom is -0.505 e. The first-order chi connectivity index (χ1) is 6.45. The summed E-state index contributed by atoms with van der Waals surface area (Å²) < 4.78 is 13.1. The molecule has 1 atom stereocenters. The molecule has 5 heteroatoms. The summed E-state index contributed by atoms with van der Waals surface area (Å²) in [7, 11) is 0. The fourth-order valence-corrected chi connectivity index (χ4v) is 1.06. The van der Waals surface area contributed by atoms with Crippen LogP contribution in [0.2, 0.25) is 0 Å². The molecule has 1 rings (SSSR count). The van der Waals surface area contributed by atoms with Gasteiger partial charge in [0, 0.05) is 5.56 Å². The van der Waals surface area contributed by atoms with E-state index in [9.17, 15) is 14.3 Å². The molecule has 0 amide bonds. The second kappa shape index (κ2) is 3.63. The van der Waals surface area contributed by atoms with Crippen molar-refractivity contribution in [2.75, 3.05) is 0 Å². The Hall–Kier alpha value is -1.62. The molecule has 1 aromatic rings. The van der Waals surface area contributed by atoms with Gasteiger partial charge in [-0.05, 0) is 12.5 Å². The molecule has 0 fully saturated rings. The number of aliphatic carboxylic acids is 1. The van der Waals surface area contributed by atoms with Gasteiger partial charge in [-0.15, -0.1) is 0 Å². The average molecular weight is 199 g/mol. The van der Waals surface area contributed by atoms with Crippen molar-refractivity contribution in [3.63, 3.8) is 0 Å². The Morgan fingerprint density at radius 1 is 1.57 bits per heavy atom. The lowest BCUT2D eigenvalue weighted by molar-refractivity contribution is -0.138. The van der Waals surface area contributed by atoms with Crippen molar-refractivity contribution in [2.24, 2.45) is 5.73 Å². The summed E-state index contributed by atoms with van der Waals surface area (Å²) in [5.74, 6) is -2.84. The van der Waals surface area contributed by atoms with Gasteiger partial charge in [-0.2, -0.15) is 0 Å². The van der Waals surface area contributed by atoms with Crippen LogP contribution in [0.25, 0.3) is 0 Å². The summed E-state index contributed by atoms with van der Waals surface area (Å²) in [6.07, 6.45) is 0. The SMILES string of the molecule is Cc1ccc([C@H](N)C(=O)O)c(O)c1F. The number of rotatable bonds is 2. The van der Waals surface area contributed by atoms with E-state index in [-0.39, 0.29) is 11.1 Å². The number of aryl methyl sites for hydroxylation is 1. The van der Waals surface area contributed by atoms with Gasteiger partial charge in [0.1, 0.15) is 6.04 Å². The van der Waals surface area contributed by atoms with E-state index in [0.29, 0.717) is 0 Å². The molecule has 0 unspecified atom stereocenters. The minimum absolute atomic E-state index is 0.124. The number of carboxylic acid groups (broad SMARTS) is 1. The third-order valence-corrected chi connectivity index (χ3v) is 1.94. The van der Waals surface area contributed by atoms with Gasteiger partial charge in [-0.3, -0.25) is 4.79 Å². The predicted molar refractivity (Wildman–Crippen MR) is 47.4 cm³/mol. The van der Waals surface area contributed by atoms with E-state index in [4.69, 9.17) is 10.8 Å². The van der Waals surface area contributed by atoms with E-state index in [2.05, 4.69) is 0 Å². The van der Waals surface area contributed by atoms with E-state index in [1.807, 2.05) is 0 Å². The van der Waals surface area contributed by atoms with Crippen LogP contribution in [0.3, 0.4) is 0 Å². The number of benzene rings is 1. The molecule has 0 saturated heterocycles.